The zero-order chi connectivity index (χ0) is 18.6. The van der Waals surface area contributed by atoms with E-state index >= 15 is 0 Å². The Balaban J connectivity index is 1.89. The first-order chi connectivity index (χ1) is 11.7. The normalized spacial score (nSPS) is 18.1. The minimum absolute atomic E-state index is 0.0542. The monoisotopic (exact) mass is 389 g/mol. The topological polar surface area (TPSA) is 100 Å². The van der Waals surface area contributed by atoms with Gasteiger partial charge in [0.15, 0.2) is 6.04 Å². The number of carbonyl (C=O) groups is 2. The molecule has 2 rings (SSSR count). The van der Waals surface area contributed by atoms with Crippen LogP contribution in [-0.2, 0) is 14.8 Å². The Morgan fingerprint density at radius 2 is 1.88 bits per heavy atom. The van der Waals surface area contributed by atoms with Crippen molar-refractivity contribution in [1.82, 2.24) is 14.9 Å². The van der Waals surface area contributed by atoms with Gasteiger partial charge in [-0.3, -0.25) is 10.1 Å². The lowest BCUT2D eigenvalue weighted by Gasteiger charge is -2.33. The number of quaternary nitrogens is 1. The van der Waals surface area contributed by atoms with Crippen LogP contribution in [0.15, 0.2) is 21.7 Å². The number of urea groups is 1. The van der Waals surface area contributed by atoms with Crippen molar-refractivity contribution in [3.8, 4) is 0 Å². The molecule has 0 saturated carbocycles. The van der Waals surface area contributed by atoms with Gasteiger partial charge < -0.3 is 10.2 Å². The number of imide groups is 1. The number of nitrogens with one attached hydrogen (secondary N) is 3. The molecule has 1 atom stereocenters. The molecular formula is C15H25N4O4S2+. The fourth-order valence-electron chi connectivity index (χ4n) is 2.69. The molecule has 140 valence electrons. The molecule has 8 nitrogen and oxygen atoms in total. The molecule has 1 aliphatic heterocycles. The molecule has 3 N–H and O–H groups in total. The Kier molecular flexibility index (Phi) is 6.55. The number of rotatable bonds is 5. The van der Waals surface area contributed by atoms with Crippen LogP contribution < -0.4 is 15.5 Å². The van der Waals surface area contributed by atoms with Crippen LogP contribution >= 0.6 is 11.3 Å². The quantitative estimate of drug-likeness (QED) is 0.618. The van der Waals surface area contributed by atoms with E-state index in [2.05, 4.69) is 10.6 Å². The van der Waals surface area contributed by atoms with Crippen LogP contribution in [0.4, 0.5) is 4.79 Å². The molecule has 0 radical (unpaired) electrons. The van der Waals surface area contributed by atoms with Gasteiger partial charge in [0.25, 0.3) is 15.9 Å². The average Bonchev–Trinajstić information content (AvgIpc) is 3.08. The molecule has 1 saturated heterocycles. The summed E-state index contributed by atoms with van der Waals surface area (Å²) in [4.78, 5) is 24.8. The molecule has 3 amide bonds. The van der Waals surface area contributed by atoms with Gasteiger partial charge in [-0.1, -0.05) is 6.07 Å². The number of hydrogen-bond acceptors (Lipinski definition) is 5. The van der Waals surface area contributed by atoms with Crippen LogP contribution in [0.25, 0.3) is 0 Å². The second-order valence-corrected chi connectivity index (χ2v) is 9.45. The number of nitrogens with zero attached hydrogens (tertiary/aromatic N) is 1. The summed E-state index contributed by atoms with van der Waals surface area (Å²) < 4.78 is 26.8. The minimum Gasteiger partial charge on any atom is -0.336 e. The molecule has 1 aliphatic rings. The van der Waals surface area contributed by atoms with Gasteiger partial charge in [0.1, 0.15) is 4.21 Å². The second-order valence-electron chi connectivity index (χ2n) is 6.33. The second kappa shape index (κ2) is 8.26. The number of thiophene rings is 1. The van der Waals surface area contributed by atoms with Crippen molar-refractivity contribution in [2.75, 3.05) is 26.2 Å². The smallest absolute Gasteiger partial charge is 0.321 e. The van der Waals surface area contributed by atoms with E-state index < -0.39 is 22.1 Å². The Hall–Kier alpha value is -1.49. The first-order valence-electron chi connectivity index (χ1n) is 8.21. The van der Waals surface area contributed by atoms with Crippen molar-refractivity contribution < 1.29 is 22.9 Å². The van der Waals surface area contributed by atoms with Crippen molar-refractivity contribution in [2.24, 2.45) is 0 Å². The summed E-state index contributed by atoms with van der Waals surface area (Å²) in [6.45, 7) is 7.11. The zero-order valence-electron chi connectivity index (χ0n) is 14.6. The Bertz CT molecular complexity index is 695. The van der Waals surface area contributed by atoms with E-state index in [1.165, 1.54) is 15.6 Å². The number of sulfonamides is 1. The fraction of sp³-hybridized carbons (Fsp3) is 0.600. The molecule has 0 spiro atoms. The van der Waals surface area contributed by atoms with Gasteiger partial charge in [-0.15, -0.1) is 11.3 Å². The third-order valence-electron chi connectivity index (χ3n) is 4.12. The van der Waals surface area contributed by atoms with Gasteiger partial charge in [-0.05, 0) is 32.2 Å². The lowest BCUT2D eigenvalue weighted by Crippen LogP contribution is -3.19. The fourth-order valence-corrected chi connectivity index (χ4v) is 5.27. The highest BCUT2D eigenvalue weighted by Gasteiger charge is 2.35. The number of amides is 3. The highest BCUT2D eigenvalue weighted by atomic mass is 32.2. The van der Waals surface area contributed by atoms with Gasteiger partial charge in [0, 0.05) is 6.04 Å². The van der Waals surface area contributed by atoms with Gasteiger partial charge >= 0.3 is 6.03 Å². The SMILES string of the molecule is CC(C)NC(=O)NC(=O)[C@@H](C)[NH+]1CCN(S(=O)(=O)c2cccs2)CC1. The molecule has 10 heteroatoms. The predicted molar refractivity (Wildman–Crippen MR) is 95.0 cm³/mol. The molecule has 2 heterocycles. The summed E-state index contributed by atoms with van der Waals surface area (Å²) in [6, 6.07) is 2.33. The van der Waals surface area contributed by atoms with Crippen molar-refractivity contribution in [3.63, 3.8) is 0 Å². The molecule has 0 aliphatic carbocycles. The summed E-state index contributed by atoms with van der Waals surface area (Å²) in [5, 5.41) is 6.68. The Labute approximate surface area is 152 Å². The lowest BCUT2D eigenvalue weighted by atomic mass is 10.2. The summed E-state index contributed by atoms with van der Waals surface area (Å²) in [5.74, 6) is -0.359. The molecule has 0 bridgehead atoms. The van der Waals surface area contributed by atoms with E-state index in [1.807, 2.05) is 13.8 Å². The third kappa shape index (κ3) is 5.00. The number of carbonyl (C=O) groups excluding carboxylic acids is 2. The maximum absolute atomic E-state index is 12.5. The van der Waals surface area contributed by atoms with Crippen LogP contribution in [-0.4, -0.2) is 62.9 Å². The predicted octanol–water partition coefficient (Wildman–Crippen LogP) is -0.740. The molecule has 1 fully saturated rings. The van der Waals surface area contributed by atoms with Gasteiger partial charge in [-0.25, -0.2) is 13.2 Å². The average molecular weight is 390 g/mol. The summed E-state index contributed by atoms with van der Waals surface area (Å²) in [7, 11) is -3.45. The number of piperazine rings is 1. The van der Waals surface area contributed by atoms with E-state index in [9.17, 15) is 18.0 Å². The van der Waals surface area contributed by atoms with Gasteiger partial charge in [0.2, 0.25) is 0 Å². The molecular weight excluding hydrogens is 364 g/mol. The summed E-state index contributed by atoms with van der Waals surface area (Å²) >= 11 is 1.20. The van der Waals surface area contributed by atoms with Gasteiger partial charge in [0.05, 0.1) is 26.2 Å². The van der Waals surface area contributed by atoms with E-state index in [0.717, 1.165) is 4.90 Å². The molecule has 25 heavy (non-hydrogen) atoms. The highest BCUT2D eigenvalue weighted by molar-refractivity contribution is 7.91. The number of hydrogen-bond donors (Lipinski definition) is 3. The van der Waals surface area contributed by atoms with Crippen LogP contribution in [0.5, 0.6) is 0 Å². The highest BCUT2D eigenvalue weighted by Crippen LogP contribution is 2.20. The van der Waals surface area contributed by atoms with Crippen LogP contribution in [0, 0.1) is 0 Å². The maximum Gasteiger partial charge on any atom is 0.321 e. The summed E-state index contributed by atoms with van der Waals surface area (Å²) in [6.07, 6.45) is 0. The van der Waals surface area contributed by atoms with Crippen molar-refractivity contribution in [3.05, 3.63) is 17.5 Å². The zero-order valence-corrected chi connectivity index (χ0v) is 16.2. The van der Waals surface area contributed by atoms with E-state index in [4.69, 9.17) is 0 Å². The Morgan fingerprint density at radius 3 is 2.40 bits per heavy atom. The van der Waals surface area contributed by atoms with Crippen LogP contribution in [0.2, 0.25) is 0 Å². The van der Waals surface area contributed by atoms with Crippen molar-refractivity contribution >= 4 is 33.3 Å². The first-order valence-corrected chi connectivity index (χ1v) is 10.5. The van der Waals surface area contributed by atoms with E-state index in [1.54, 1.807) is 24.4 Å². The molecule has 0 aromatic carbocycles. The van der Waals surface area contributed by atoms with Crippen molar-refractivity contribution in [2.45, 2.75) is 37.1 Å². The van der Waals surface area contributed by atoms with Gasteiger partial charge in [-0.2, -0.15) is 4.31 Å². The molecule has 1 aromatic rings. The molecule has 0 unspecified atom stereocenters. The first kappa shape index (κ1) is 19.8. The van der Waals surface area contributed by atoms with E-state index in [0.29, 0.717) is 30.4 Å². The summed E-state index contributed by atoms with van der Waals surface area (Å²) in [5.41, 5.74) is 0. The van der Waals surface area contributed by atoms with Crippen LogP contribution in [0.1, 0.15) is 20.8 Å². The lowest BCUT2D eigenvalue weighted by molar-refractivity contribution is -0.917. The van der Waals surface area contributed by atoms with Crippen molar-refractivity contribution in [1.29, 1.82) is 0 Å². The minimum atomic E-state index is -3.45. The van der Waals surface area contributed by atoms with Crippen LogP contribution in [0.3, 0.4) is 0 Å². The molecule has 1 aromatic heterocycles. The standard InChI is InChI=1S/C15H24N4O4S2/c1-11(2)16-15(21)17-14(20)12(3)18-6-8-19(9-7-18)25(22,23)13-5-4-10-24-13/h4-5,10-12H,6-9H2,1-3H3,(H2,16,17,20,21)/p+1/t12-/m1/s1. The Morgan fingerprint density at radius 1 is 1.24 bits per heavy atom. The maximum atomic E-state index is 12.5. The third-order valence-corrected chi connectivity index (χ3v) is 7.39. The van der Waals surface area contributed by atoms with E-state index in [-0.39, 0.29) is 11.9 Å². The largest absolute Gasteiger partial charge is 0.336 e.